The number of rotatable bonds is 5. The van der Waals surface area contributed by atoms with Crippen molar-refractivity contribution in [2.45, 2.75) is 115 Å². The van der Waals surface area contributed by atoms with E-state index in [1.54, 1.807) is 0 Å². The quantitative estimate of drug-likeness (QED) is 0.440. The van der Waals surface area contributed by atoms with E-state index in [9.17, 15) is 0 Å². The van der Waals surface area contributed by atoms with Gasteiger partial charge < -0.3 is 0 Å². The highest BCUT2D eigenvalue weighted by Gasteiger charge is 2.52. The second-order valence-corrected chi connectivity index (χ2v) is 10.6. The van der Waals surface area contributed by atoms with Gasteiger partial charge in [-0.05, 0) is 88.8 Å². The Balaban J connectivity index is 1.83. The average molecular weight is 384 g/mol. The van der Waals surface area contributed by atoms with Gasteiger partial charge in [-0.1, -0.05) is 75.5 Å². The Morgan fingerprint density at radius 2 is 1.11 bits per heavy atom. The van der Waals surface area contributed by atoms with Gasteiger partial charge in [-0.3, -0.25) is 4.90 Å². The van der Waals surface area contributed by atoms with Crippen molar-refractivity contribution in [1.82, 2.24) is 4.90 Å². The molecular weight excluding hydrogens is 338 g/mol. The van der Waals surface area contributed by atoms with Crippen molar-refractivity contribution in [2.75, 3.05) is 14.1 Å². The Morgan fingerprint density at radius 3 is 1.54 bits per heavy atom. The Morgan fingerprint density at radius 1 is 0.679 bits per heavy atom. The molecule has 0 amide bonds. The minimum absolute atomic E-state index is 0.351. The Labute approximate surface area is 175 Å². The molecule has 0 saturated heterocycles. The molecule has 0 atom stereocenters. The highest BCUT2D eigenvalue weighted by molar-refractivity contribution is 5.37. The highest BCUT2D eigenvalue weighted by Crippen LogP contribution is 2.54. The zero-order valence-electron chi connectivity index (χ0n) is 18.9. The van der Waals surface area contributed by atoms with E-state index in [1.165, 1.54) is 109 Å². The lowest BCUT2D eigenvalue weighted by Gasteiger charge is -2.57. The van der Waals surface area contributed by atoms with Crippen LogP contribution < -0.4 is 0 Å². The third-order valence-corrected chi connectivity index (χ3v) is 8.92. The molecular formula is C27H45N. The Bertz CT molecular complexity index is 523. The molecule has 0 aliphatic heterocycles. The van der Waals surface area contributed by atoms with E-state index in [2.05, 4.69) is 31.1 Å². The molecule has 28 heavy (non-hydrogen) atoms. The fourth-order valence-corrected chi connectivity index (χ4v) is 7.87. The molecule has 3 fully saturated rings. The number of hydrogen-bond acceptors (Lipinski definition) is 1. The first kappa shape index (κ1) is 20.7. The minimum Gasteiger partial charge on any atom is -0.299 e. The van der Waals surface area contributed by atoms with E-state index in [0.29, 0.717) is 5.54 Å². The third kappa shape index (κ3) is 3.90. The number of nitrogens with zero attached hydrogens (tertiary/aromatic N) is 1. The summed E-state index contributed by atoms with van der Waals surface area (Å²) in [6.45, 7) is 0. The van der Waals surface area contributed by atoms with Crippen LogP contribution in [0.2, 0.25) is 0 Å². The molecule has 0 aromatic rings. The van der Waals surface area contributed by atoms with Gasteiger partial charge >= 0.3 is 0 Å². The van der Waals surface area contributed by atoms with Crippen LogP contribution in [0.3, 0.4) is 0 Å². The summed E-state index contributed by atoms with van der Waals surface area (Å²) in [4.78, 5) is 2.79. The summed E-state index contributed by atoms with van der Waals surface area (Å²) < 4.78 is 0. The largest absolute Gasteiger partial charge is 0.299 e. The van der Waals surface area contributed by atoms with E-state index in [0.717, 1.165) is 17.8 Å². The van der Waals surface area contributed by atoms with E-state index in [1.807, 2.05) is 11.1 Å². The van der Waals surface area contributed by atoms with Crippen molar-refractivity contribution in [3.05, 3.63) is 23.3 Å². The first-order valence-electron chi connectivity index (χ1n) is 12.8. The molecule has 4 aliphatic carbocycles. The maximum atomic E-state index is 2.79. The topological polar surface area (TPSA) is 3.24 Å². The van der Waals surface area contributed by atoms with Crippen LogP contribution in [0.5, 0.6) is 0 Å². The van der Waals surface area contributed by atoms with Crippen molar-refractivity contribution in [3.63, 3.8) is 0 Å². The van der Waals surface area contributed by atoms with Crippen molar-refractivity contribution >= 4 is 0 Å². The lowest BCUT2D eigenvalue weighted by molar-refractivity contribution is 0.00346. The lowest BCUT2D eigenvalue weighted by atomic mass is 9.56. The normalized spacial score (nSPS) is 26.3. The van der Waals surface area contributed by atoms with E-state index in [4.69, 9.17) is 0 Å². The highest BCUT2D eigenvalue weighted by atomic mass is 15.2. The molecule has 0 aromatic carbocycles. The van der Waals surface area contributed by atoms with Gasteiger partial charge in [-0.25, -0.2) is 0 Å². The van der Waals surface area contributed by atoms with Crippen LogP contribution in [0.15, 0.2) is 23.3 Å². The van der Waals surface area contributed by atoms with Gasteiger partial charge in [-0.15, -0.1) is 0 Å². The molecule has 4 aliphatic rings. The van der Waals surface area contributed by atoms with Crippen LogP contribution in [0.4, 0.5) is 0 Å². The van der Waals surface area contributed by atoms with Crippen LogP contribution in [-0.2, 0) is 0 Å². The summed E-state index contributed by atoms with van der Waals surface area (Å²) >= 11 is 0. The van der Waals surface area contributed by atoms with Gasteiger partial charge in [0.1, 0.15) is 0 Å². The molecule has 0 radical (unpaired) electrons. The van der Waals surface area contributed by atoms with Crippen LogP contribution in [0.1, 0.15) is 109 Å². The van der Waals surface area contributed by atoms with Gasteiger partial charge in [0.25, 0.3) is 0 Å². The predicted octanol–water partition coefficient (Wildman–Crippen LogP) is 7.67. The molecule has 0 N–H and O–H groups in total. The molecule has 158 valence electrons. The average Bonchev–Trinajstić information content (AvgIpc) is 3.28. The van der Waals surface area contributed by atoms with Crippen LogP contribution >= 0.6 is 0 Å². The molecule has 0 spiro atoms. The first-order chi connectivity index (χ1) is 13.7. The van der Waals surface area contributed by atoms with Crippen molar-refractivity contribution < 1.29 is 0 Å². The molecule has 4 rings (SSSR count). The van der Waals surface area contributed by atoms with E-state index >= 15 is 0 Å². The zero-order valence-corrected chi connectivity index (χ0v) is 18.9. The fourth-order valence-electron chi connectivity index (χ4n) is 7.87. The summed E-state index contributed by atoms with van der Waals surface area (Å²) in [6, 6.07) is 0. The minimum atomic E-state index is 0.351. The smallest absolute Gasteiger partial charge is 0.0476 e. The summed E-state index contributed by atoms with van der Waals surface area (Å²) in [7, 11) is 4.93. The van der Waals surface area contributed by atoms with Gasteiger partial charge in [-0.2, -0.15) is 0 Å². The van der Waals surface area contributed by atoms with Crippen molar-refractivity contribution in [1.29, 1.82) is 0 Å². The second-order valence-electron chi connectivity index (χ2n) is 10.6. The summed E-state index contributed by atoms with van der Waals surface area (Å²) in [6.07, 6.45) is 29.5. The van der Waals surface area contributed by atoms with Crippen molar-refractivity contribution in [3.8, 4) is 0 Å². The van der Waals surface area contributed by atoms with E-state index < -0.39 is 0 Å². The Kier molecular flexibility index (Phi) is 7.02. The number of allylic oxidation sites excluding steroid dienone is 3. The van der Waals surface area contributed by atoms with Gasteiger partial charge in [0.15, 0.2) is 0 Å². The summed E-state index contributed by atoms with van der Waals surface area (Å²) in [5.41, 5.74) is 4.18. The van der Waals surface area contributed by atoms with Crippen LogP contribution in [-0.4, -0.2) is 24.5 Å². The summed E-state index contributed by atoms with van der Waals surface area (Å²) in [5, 5.41) is 0. The fraction of sp³-hybridized carbons (Fsp3) is 0.852. The molecule has 0 bridgehead atoms. The van der Waals surface area contributed by atoms with Crippen molar-refractivity contribution in [2.24, 2.45) is 17.8 Å². The van der Waals surface area contributed by atoms with Gasteiger partial charge in [0.2, 0.25) is 0 Å². The van der Waals surface area contributed by atoms with Crippen LogP contribution in [0.25, 0.3) is 0 Å². The molecule has 1 heteroatoms. The zero-order chi connectivity index (χ0) is 19.4. The Hall–Kier alpha value is -0.560. The summed E-state index contributed by atoms with van der Waals surface area (Å²) in [5.74, 6) is 2.66. The maximum Gasteiger partial charge on any atom is 0.0476 e. The van der Waals surface area contributed by atoms with Gasteiger partial charge in [0, 0.05) is 5.54 Å². The first-order valence-corrected chi connectivity index (χ1v) is 12.8. The second kappa shape index (κ2) is 9.50. The molecule has 0 unspecified atom stereocenters. The maximum absolute atomic E-state index is 2.79. The SMILES string of the molecule is CN(C)C(C(=C1CC=CC1)C1CCCCC1)(C1CCCCC1)C1CCCCC1. The molecule has 3 saturated carbocycles. The molecule has 0 aromatic heterocycles. The standard InChI is InChI=1S/C27H45N/c1-28(2)27(24-18-8-4-9-19-24,25-20-10-5-11-21-25)26(23-16-12-13-17-23)22-14-6-3-7-15-22/h12-13,22,24-25H,3-11,14-21H2,1-2H3. The third-order valence-electron chi connectivity index (χ3n) is 8.92. The number of likely N-dealkylation sites (N-methyl/N-ethyl adjacent to an activating group) is 1. The molecule has 1 nitrogen and oxygen atoms in total. The lowest BCUT2D eigenvalue weighted by Crippen LogP contribution is -2.59. The van der Waals surface area contributed by atoms with Gasteiger partial charge in [0.05, 0.1) is 0 Å². The van der Waals surface area contributed by atoms with E-state index in [-0.39, 0.29) is 0 Å². The predicted molar refractivity (Wildman–Crippen MR) is 122 cm³/mol. The monoisotopic (exact) mass is 383 g/mol. The molecule has 0 heterocycles. The van der Waals surface area contributed by atoms with Crippen LogP contribution in [0, 0.1) is 17.8 Å². The number of hydrogen-bond donors (Lipinski definition) is 0.